The lowest BCUT2D eigenvalue weighted by atomic mass is 10.1. The summed E-state index contributed by atoms with van der Waals surface area (Å²) < 4.78 is 0. The molecule has 1 radical (unpaired) electrons. The number of carbonyl (C=O) groups excluding carboxylic acids is 1. The third kappa shape index (κ3) is 2.15. The van der Waals surface area contributed by atoms with Crippen molar-refractivity contribution in [1.29, 1.82) is 0 Å². The molecule has 0 spiro atoms. The molecule has 23 heavy (non-hydrogen) atoms. The second-order valence-corrected chi connectivity index (χ2v) is 5.61. The Balaban J connectivity index is 1.73. The summed E-state index contributed by atoms with van der Waals surface area (Å²) in [6.07, 6.45) is 1.67. The highest BCUT2D eigenvalue weighted by molar-refractivity contribution is 6.15. The van der Waals surface area contributed by atoms with Gasteiger partial charge in [-0.05, 0) is 43.2 Å². The number of benzene rings is 2. The number of anilines is 1. The number of aromatic nitrogens is 2. The van der Waals surface area contributed by atoms with Gasteiger partial charge in [-0.2, -0.15) is 15.6 Å². The molecule has 1 aliphatic rings. The number of H-pyrrole nitrogens is 1. The normalized spacial score (nSPS) is 12.3. The molecule has 0 unspecified atom stereocenters. The maximum atomic E-state index is 12.6. The predicted molar refractivity (Wildman–Crippen MR) is 89.4 cm³/mol. The van der Waals surface area contributed by atoms with E-state index >= 15 is 0 Å². The van der Waals surface area contributed by atoms with Crippen LogP contribution in [-0.4, -0.2) is 22.3 Å². The van der Waals surface area contributed by atoms with Crippen LogP contribution in [0.4, 0.5) is 11.4 Å². The van der Waals surface area contributed by atoms with Gasteiger partial charge in [0, 0.05) is 16.6 Å². The number of nitrogens with one attached hydrogen (secondary N) is 2. The Morgan fingerprint density at radius 2 is 2.04 bits per heavy atom. The lowest BCUT2D eigenvalue weighted by Crippen LogP contribution is -2.13. The largest absolute Gasteiger partial charge is 0.320 e. The van der Waals surface area contributed by atoms with E-state index in [1.165, 1.54) is 0 Å². The van der Waals surface area contributed by atoms with E-state index in [2.05, 4.69) is 26.0 Å². The van der Waals surface area contributed by atoms with Gasteiger partial charge in [-0.25, -0.2) is 0 Å². The third-order valence-corrected chi connectivity index (χ3v) is 3.97. The fraction of sp³-hybridized carbons (Fsp3) is 0.118. The van der Waals surface area contributed by atoms with E-state index < -0.39 is 0 Å². The fourth-order valence-corrected chi connectivity index (χ4v) is 2.69. The van der Waals surface area contributed by atoms with Crippen LogP contribution in [0.1, 0.15) is 27.2 Å². The molecular weight excluding hydrogens is 290 g/mol. The zero-order valence-electron chi connectivity index (χ0n) is 12.7. The van der Waals surface area contributed by atoms with Crippen molar-refractivity contribution in [2.24, 2.45) is 5.10 Å². The molecule has 6 heteroatoms. The van der Waals surface area contributed by atoms with Crippen molar-refractivity contribution in [2.75, 3.05) is 5.32 Å². The number of rotatable bonds is 2. The van der Waals surface area contributed by atoms with Crippen molar-refractivity contribution < 1.29 is 4.79 Å². The molecule has 113 valence electrons. The fourth-order valence-electron chi connectivity index (χ4n) is 2.69. The van der Waals surface area contributed by atoms with Crippen LogP contribution >= 0.6 is 0 Å². The molecule has 0 saturated carbocycles. The molecule has 3 aromatic rings. The van der Waals surface area contributed by atoms with E-state index in [0.717, 1.165) is 39.0 Å². The van der Waals surface area contributed by atoms with Crippen LogP contribution in [0.5, 0.6) is 0 Å². The number of amides is 1. The van der Waals surface area contributed by atoms with Crippen LogP contribution in [0, 0.1) is 13.8 Å². The highest BCUT2D eigenvalue weighted by Gasteiger charge is 2.20. The van der Waals surface area contributed by atoms with E-state index in [4.69, 9.17) is 0 Å². The van der Waals surface area contributed by atoms with Gasteiger partial charge in [-0.3, -0.25) is 9.89 Å². The first kappa shape index (κ1) is 13.5. The summed E-state index contributed by atoms with van der Waals surface area (Å²) in [4.78, 5) is 12.6. The Hall–Kier alpha value is -3.15. The van der Waals surface area contributed by atoms with Crippen LogP contribution < -0.4 is 10.7 Å². The molecule has 6 nitrogen and oxygen atoms in total. The molecular formula is C17H14N5O. The maximum absolute atomic E-state index is 12.6. The number of fused-ring (bicyclic) bond motifs is 3. The molecule has 0 fully saturated rings. The van der Waals surface area contributed by atoms with Crippen LogP contribution in [0.25, 0.3) is 10.9 Å². The summed E-state index contributed by atoms with van der Waals surface area (Å²) >= 11 is 0. The van der Waals surface area contributed by atoms with Gasteiger partial charge in [0.1, 0.15) is 0 Å². The predicted octanol–water partition coefficient (Wildman–Crippen LogP) is 3.02. The number of carbonyl (C=O) groups is 1. The van der Waals surface area contributed by atoms with Crippen LogP contribution in [0.15, 0.2) is 35.4 Å². The topological polar surface area (TPSA) is 84.2 Å². The Morgan fingerprint density at radius 3 is 2.91 bits per heavy atom. The highest BCUT2D eigenvalue weighted by Crippen LogP contribution is 2.28. The number of aryl methyl sites for hydroxylation is 2. The maximum Gasteiger partial charge on any atom is 0.276 e. The molecule has 1 amide bonds. The molecule has 0 saturated heterocycles. The van der Waals surface area contributed by atoms with Crippen molar-refractivity contribution in [3.63, 3.8) is 0 Å². The van der Waals surface area contributed by atoms with Crippen molar-refractivity contribution in [2.45, 2.75) is 13.8 Å². The van der Waals surface area contributed by atoms with E-state index in [1.54, 1.807) is 6.21 Å². The zero-order chi connectivity index (χ0) is 16.0. The van der Waals surface area contributed by atoms with Crippen LogP contribution in [0.2, 0.25) is 0 Å². The lowest BCUT2D eigenvalue weighted by Gasteiger charge is -2.08. The lowest BCUT2D eigenvalue weighted by molar-refractivity contribution is 0.102. The second-order valence-electron chi connectivity index (χ2n) is 5.61. The van der Waals surface area contributed by atoms with Gasteiger partial charge in [0.25, 0.3) is 5.91 Å². The smallest absolute Gasteiger partial charge is 0.276 e. The van der Waals surface area contributed by atoms with Gasteiger partial charge in [0.2, 0.25) is 0 Å². The van der Waals surface area contributed by atoms with E-state index in [-0.39, 0.29) is 5.91 Å². The quantitative estimate of drug-likeness (QED) is 0.762. The summed E-state index contributed by atoms with van der Waals surface area (Å²) in [5.41, 5.74) is 9.69. The Morgan fingerprint density at radius 1 is 1.17 bits per heavy atom. The summed E-state index contributed by atoms with van der Waals surface area (Å²) in [6, 6.07) is 9.63. The molecule has 2 aromatic carbocycles. The van der Waals surface area contributed by atoms with Crippen molar-refractivity contribution in [3.05, 3.63) is 52.7 Å². The Bertz CT molecular complexity index is 971. The van der Waals surface area contributed by atoms with Gasteiger partial charge < -0.3 is 5.32 Å². The minimum Gasteiger partial charge on any atom is -0.320 e. The standard InChI is InChI=1S/C17H14N5O/c1-9-3-4-10(2)14(7-9)19-17(23)16-11-5-6-13-12(8-18-20-13)15(11)21-22-16/h3-8H,1-2H3,(H,19,23)(H,21,22). The first-order chi connectivity index (χ1) is 11.1. The molecule has 4 rings (SSSR count). The van der Waals surface area contributed by atoms with E-state index in [1.807, 2.05) is 44.2 Å². The summed E-state index contributed by atoms with van der Waals surface area (Å²) in [6.45, 7) is 3.95. The SMILES string of the molecule is Cc1ccc(C)c(NC(=O)c2n[nH]c3c4c(ccc23)[N]N=C4)c1. The highest BCUT2D eigenvalue weighted by atomic mass is 16.1. The number of hydrogen-bond acceptors (Lipinski definition) is 3. The third-order valence-electron chi connectivity index (χ3n) is 3.97. The molecule has 0 atom stereocenters. The molecule has 1 aromatic heterocycles. The molecule has 1 aliphatic heterocycles. The van der Waals surface area contributed by atoms with Crippen molar-refractivity contribution in [3.8, 4) is 0 Å². The first-order valence-corrected chi connectivity index (χ1v) is 7.27. The average molecular weight is 304 g/mol. The van der Waals surface area contributed by atoms with E-state index in [9.17, 15) is 4.79 Å². The van der Waals surface area contributed by atoms with Crippen LogP contribution in [-0.2, 0) is 0 Å². The van der Waals surface area contributed by atoms with Gasteiger partial charge in [-0.1, -0.05) is 12.1 Å². The van der Waals surface area contributed by atoms with Gasteiger partial charge in [0.15, 0.2) is 5.69 Å². The summed E-state index contributed by atoms with van der Waals surface area (Å²) in [5, 5.41) is 14.7. The van der Waals surface area contributed by atoms with Crippen LogP contribution in [0.3, 0.4) is 0 Å². The Kier molecular flexibility index (Phi) is 2.90. The van der Waals surface area contributed by atoms with Crippen molar-refractivity contribution >= 4 is 34.4 Å². The number of aromatic amines is 1. The molecule has 2 N–H and O–H groups in total. The van der Waals surface area contributed by atoms with E-state index in [0.29, 0.717) is 5.69 Å². The monoisotopic (exact) mass is 304 g/mol. The number of nitrogens with zero attached hydrogens (tertiary/aromatic N) is 3. The Labute approximate surface area is 132 Å². The molecule has 2 heterocycles. The number of hydrogen-bond donors (Lipinski definition) is 2. The van der Waals surface area contributed by atoms with Crippen molar-refractivity contribution in [1.82, 2.24) is 15.6 Å². The minimum absolute atomic E-state index is 0.239. The molecule has 0 aliphatic carbocycles. The summed E-state index contributed by atoms with van der Waals surface area (Å²) in [7, 11) is 0. The first-order valence-electron chi connectivity index (χ1n) is 7.27. The second kappa shape index (κ2) is 4.95. The van der Waals surface area contributed by atoms with Gasteiger partial charge >= 0.3 is 0 Å². The van der Waals surface area contributed by atoms with Gasteiger partial charge in [-0.15, -0.1) is 0 Å². The zero-order valence-corrected chi connectivity index (χ0v) is 12.7. The average Bonchev–Trinajstić information content (AvgIpc) is 3.16. The molecule has 0 bridgehead atoms. The summed E-state index contributed by atoms with van der Waals surface area (Å²) in [5.74, 6) is -0.239. The minimum atomic E-state index is -0.239. The van der Waals surface area contributed by atoms with Gasteiger partial charge in [0.05, 0.1) is 17.4 Å².